The molecule has 1 saturated carbocycles. The Labute approximate surface area is 77.0 Å². The molecule has 12 heavy (non-hydrogen) atoms. The molecule has 70 valence electrons. The molecule has 0 heterocycles. The second-order valence-corrected chi connectivity index (χ2v) is 4.80. The van der Waals surface area contributed by atoms with E-state index >= 15 is 0 Å². The predicted molar refractivity (Wildman–Crippen MR) is 52.5 cm³/mol. The minimum atomic E-state index is -0.568. The first-order chi connectivity index (χ1) is 5.86. The Morgan fingerprint density at radius 2 is 1.58 bits per heavy atom. The summed E-state index contributed by atoms with van der Waals surface area (Å²) in [6.45, 7) is 0. The van der Waals surface area contributed by atoms with Crippen molar-refractivity contribution in [2.45, 2.75) is 19.3 Å². The van der Waals surface area contributed by atoms with Crippen molar-refractivity contribution in [3.8, 4) is 0 Å². The van der Waals surface area contributed by atoms with Gasteiger partial charge in [0.05, 0.1) is 0 Å². The lowest BCUT2D eigenvalue weighted by Crippen LogP contribution is -1.93. The fraction of sp³-hybridized carbons (Fsp3) is 0.778. The molecule has 2 bridgehead atoms. The highest BCUT2D eigenvalue weighted by atomic mass is 28.3. The van der Waals surface area contributed by atoms with E-state index in [0.717, 1.165) is 11.8 Å². The van der Waals surface area contributed by atoms with Gasteiger partial charge in [0.25, 0.3) is 0 Å². The molecule has 2 nitrogen and oxygen atoms in total. The van der Waals surface area contributed by atoms with Crippen LogP contribution in [0.3, 0.4) is 0 Å². The number of allylic oxidation sites excluding steroid dienone is 2. The molecule has 0 aromatic heterocycles. The Morgan fingerprint density at radius 1 is 1.08 bits per heavy atom. The van der Waals surface area contributed by atoms with Crippen molar-refractivity contribution in [2.75, 3.05) is 14.2 Å². The van der Waals surface area contributed by atoms with Gasteiger partial charge in [0.2, 0.25) is 0 Å². The zero-order chi connectivity index (χ0) is 8.81. The molecule has 1 fully saturated rings. The van der Waals surface area contributed by atoms with E-state index in [1.54, 1.807) is 14.2 Å². The van der Waals surface area contributed by atoms with E-state index in [1.165, 1.54) is 19.3 Å². The van der Waals surface area contributed by atoms with Crippen molar-refractivity contribution in [1.82, 2.24) is 0 Å². The van der Waals surface area contributed by atoms with Crippen LogP contribution in [0.25, 0.3) is 0 Å². The molecule has 0 aromatic carbocycles. The molecular weight excluding hydrogens is 168 g/mol. The van der Waals surface area contributed by atoms with Crippen LogP contribution in [0.15, 0.2) is 12.2 Å². The van der Waals surface area contributed by atoms with Gasteiger partial charge in [-0.2, -0.15) is 0 Å². The van der Waals surface area contributed by atoms with Crippen molar-refractivity contribution >= 4 is 10.0 Å². The van der Waals surface area contributed by atoms with Crippen LogP contribution in [0.1, 0.15) is 19.3 Å². The largest absolute Gasteiger partial charge is 0.402 e. The van der Waals surface area contributed by atoms with Crippen LogP contribution in [-0.2, 0) is 8.85 Å². The van der Waals surface area contributed by atoms with Crippen molar-refractivity contribution in [1.29, 1.82) is 0 Å². The van der Waals surface area contributed by atoms with Crippen LogP contribution in [0.2, 0.25) is 0 Å². The van der Waals surface area contributed by atoms with Gasteiger partial charge in [0.1, 0.15) is 0 Å². The summed E-state index contributed by atoms with van der Waals surface area (Å²) < 4.78 is 9.22. The third kappa shape index (κ3) is 3.09. The van der Waals surface area contributed by atoms with E-state index in [4.69, 9.17) is 0 Å². The van der Waals surface area contributed by atoms with Crippen molar-refractivity contribution in [3.05, 3.63) is 12.2 Å². The van der Waals surface area contributed by atoms with E-state index < -0.39 is 10.0 Å². The van der Waals surface area contributed by atoms with Crippen molar-refractivity contribution < 1.29 is 8.85 Å². The number of fused-ring (bicyclic) bond motifs is 2. The van der Waals surface area contributed by atoms with Crippen LogP contribution >= 0.6 is 0 Å². The monoisotopic (exact) mass is 186 g/mol. The molecule has 2 atom stereocenters. The number of rotatable bonds is 2. The summed E-state index contributed by atoms with van der Waals surface area (Å²) in [5.41, 5.74) is 0. The molecule has 0 aromatic rings. The lowest BCUT2D eigenvalue weighted by molar-refractivity contribution is 0.309. The second kappa shape index (κ2) is 5.51. The second-order valence-electron chi connectivity index (χ2n) is 3.41. The molecular formula is C9H18O2Si. The summed E-state index contributed by atoms with van der Waals surface area (Å²) in [6.07, 6.45) is 9.19. The average Bonchev–Trinajstić information content (AvgIpc) is 2.69. The molecule has 3 heteroatoms. The molecule has 2 aliphatic rings. The first-order valence-electron chi connectivity index (χ1n) is 4.53. The normalized spacial score (nSPS) is 30.2. The molecule has 0 saturated heterocycles. The van der Waals surface area contributed by atoms with Gasteiger partial charge >= 0.3 is 10.0 Å². The molecule has 0 amide bonds. The lowest BCUT2D eigenvalue weighted by Gasteiger charge is -1.96. The summed E-state index contributed by atoms with van der Waals surface area (Å²) in [4.78, 5) is 0. The molecule has 2 aliphatic carbocycles. The Hall–Kier alpha value is -0.123. The summed E-state index contributed by atoms with van der Waals surface area (Å²) in [5.74, 6) is 1.98. The standard InChI is InChI=1S/C7H10.C2H8O2Si/c1-2-7-4-3-6(1)5-7;1-3-5-4-2/h1-2,6-7H,3-5H2;5H2,1-2H3. The summed E-state index contributed by atoms with van der Waals surface area (Å²) in [6, 6.07) is 0. The fourth-order valence-electron chi connectivity index (χ4n) is 1.83. The van der Waals surface area contributed by atoms with E-state index in [2.05, 4.69) is 21.0 Å². The van der Waals surface area contributed by atoms with Crippen molar-refractivity contribution in [2.24, 2.45) is 11.8 Å². The molecule has 0 radical (unpaired) electrons. The highest BCUT2D eigenvalue weighted by Crippen LogP contribution is 2.38. The van der Waals surface area contributed by atoms with Gasteiger partial charge in [0.15, 0.2) is 0 Å². The Kier molecular flexibility index (Phi) is 4.57. The van der Waals surface area contributed by atoms with Gasteiger partial charge in [-0.15, -0.1) is 0 Å². The van der Waals surface area contributed by atoms with Crippen molar-refractivity contribution in [3.63, 3.8) is 0 Å². The number of hydrogen-bond acceptors (Lipinski definition) is 2. The first-order valence-corrected chi connectivity index (χ1v) is 5.68. The Bertz CT molecular complexity index is 133. The molecule has 0 spiro atoms. The van der Waals surface area contributed by atoms with E-state index in [1.807, 2.05) is 0 Å². The van der Waals surface area contributed by atoms with Gasteiger partial charge in [-0.25, -0.2) is 0 Å². The van der Waals surface area contributed by atoms with Crippen LogP contribution in [0, 0.1) is 11.8 Å². The SMILES string of the molecule is C1=CC2CCC1C2.CO[SiH2]OC. The molecule has 0 aliphatic heterocycles. The molecule has 2 unspecified atom stereocenters. The van der Waals surface area contributed by atoms with Gasteiger partial charge in [0, 0.05) is 14.2 Å². The summed E-state index contributed by atoms with van der Waals surface area (Å²) >= 11 is 0. The third-order valence-electron chi connectivity index (χ3n) is 2.40. The van der Waals surface area contributed by atoms with Crippen LogP contribution < -0.4 is 0 Å². The maximum Gasteiger partial charge on any atom is 0.303 e. The van der Waals surface area contributed by atoms with E-state index in [-0.39, 0.29) is 0 Å². The smallest absolute Gasteiger partial charge is 0.303 e. The van der Waals surface area contributed by atoms with Crippen LogP contribution in [0.5, 0.6) is 0 Å². The van der Waals surface area contributed by atoms with Crippen LogP contribution in [0.4, 0.5) is 0 Å². The topological polar surface area (TPSA) is 18.5 Å². The number of hydrogen-bond donors (Lipinski definition) is 0. The minimum Gasteiger partial charge on any atom is -0.402 e. The average molecular weight is 186 g/mol. The fourth-order valence-corrected chi connectivity index (χ4v) is 2.07. The highest BCUT2D eigenvalue weighted by Gasteiger charge is 2.25. The van der Waals surface area contributed by atoms with Gasteiger partial charge < -0.3 is 8.85 Å². The summed E-state index contributed by atoms with van der Waals surface area (Å²) in [5, 5.41) is 0. The first kappa shape index (κ1) is 9.96. The molecule has 2 rings (SSSR count). The van der Waals surface area contributed by atoms with E-state index in [0.29, 0.717) is 0 Å². The third-order valence-corrected chi connectivity index (χ3v) is 2.88. The highest BCUT2D eigenvalue weighted by molar-refractivity contribution is 6.17. The zero-order valence-electron chi connectivity index (χ0n) is 7.95. The van der Waals surface area contributed by atoms with Gasteiger partial charge in [-0.1, -0.05) is 12.2 Å². The Balaban J connectivity index is 0.000000130. The zero-order valence-corrected chi connectivity index (χ0v) is 9.37. The van der Waals surface area contributed by atoms with Crippen LogP contribution in [-0.4, -0.2) is 24.2 Å². The predicted octanol–water partition coefficient (Wildman–Crippen LogP) is 1.25. The minimum absolute atomic E-state index is 0.568. The Morgan fingerprint density at radius 3 is 1.67 bits per heavy atom. The maximum atomic E-state index is 4.61. The summed E-state index contributed by atoms with van der Waals surface area (Å²) in [7, 11) is 2.73. The lowest BCUT2D eigenvalue weighted by atomic mass is 10.1. The van der Waals surface area contributed by atoms with E-state index in [9.17, 15) is 0 Å². The van der Waals surface area contributed by atoms with Gasteiger partial charge in [-0.3, -0.25) is 0 Å². The maximum absolute atomic E-state index is 4.61. The van der Waals surface area contributed by atoms with Gasteiger partial charge in [-0.05, 0) is 31.1 Å². The quantitative estimate of drug-likeness (QED) is 0.477. The molecule has 0 N–H and O–H groups in total.